The third-order valence-electron chi connectivity index (χ3n) is 3.19. The number of hydrogen-bond donors (Lipinski definition) is 1. The standard InChI is InChI=1S/C14H24N2S/c1-14(2,11-15)9-10-16(3)12-5-7-13(17-4)8-6-12/h5-8H,9-11,15H2,1-4H3. The summed E-state index contributed by atoms with van der Waals surface area (Å²) in [5.74, 6) is 0. The first kappa shape index (κ1) is 14.4. The van der Waals surface area contributed by atoms with E-state index in [1.165, 1.54) is 10.6 Å². The van der Waals surface area contributed by atoms with Crippen LogP contribution >= 0.6 is 11.8 Å². The summed E-state index contributed by atoms with van der Waals surface area (Å²) in [6.07, 6.45) is 3.22. The van der Waals surface area contributed by atoms with Crippen molar-refractivity contribution in [3.8, 4) is 0 Å². The molecule has 0 saturated carbocycles. The van der Waals surface area contributed by atoms with Crippen LogP contribution in [0.4, 0.5) is 5.69 Å². The van der Waals surface area contributed by atoms with E-state index in [4.69, 9.17) is 5.73 Å². The maximum atomic E-state index is 5.75. The predicted molar refractivity (Wildman–Crippen MR) is 78.9 cm³/mol. The smallest absolute Gasteiger partial charge is 0.0364 e. The third-order valence-corrected chi connectivity index (χ3v) is 3.93. The summed E-state index contributed by atoms with van der Waals surface area (Å²) in [5, 5.41) is 0. The highest BCUT2D eigenvalue weighted by molar-refractivity contribution is 7.98. The first-order valence-corrected chi connectivity index (χ1v) is 7.26. The lowest BCUT2D eigenvalue weighted by Gasteiger charge is -2.27. The van der Waals surface area contributed by atoms with Gasteiger partial charge in [0.15, 0.2) is 0 Å². The zero-order valence-electron chi connectivity index (χ0n) is 11.4. The molecular formula is C14H24N2S. The van der Waals surface area contributed by atoms with E-state index >= 15 is 0 Å². The molecule has 0 atom stereocenters. The second-order valence-electron chi connectivity index (χ2n) is 5.24. The predicted octanol–water partition coefficient (Wildman–Crippen LogP) is 3.22. The first-order valence-electron chi connectivity index (χ1n) is 6.04. The minimum atomic E-state index is 0.230. The fraction of sp³-hybridized carbons (Fsp3) is 0.571. The van der Waals surface area contributed by atoms with Crippen LogP contribution in [0.3, 0.4) is 0 Å². The summed E-state index contributed by atoms with van der Waals surface area (Å²) in [5.41, 5.74) is 7.25. The van der Waals surface area contributed by atoms with Crippen LogP contribution in [0.2, 0.25) is 0 Å². The van der Waals surface area contributed by atoms with E-state index in [1.807, 2.05) is 0 Å². The summed E-state index contributed by atoms with van der Waals surface area (Å²) in [7, 11) is 2.14. The monoisotopic (exact) mass is 252 g/mol. The van der Waals surface area contributed by atoms with Gasteiger partial charge in [0, 0.05) is 24.2 Å². The van der Waals surface area contributed by atoms with Gasteiger partial charge in [0.1, 0.15) is 0 Å². The summed E-state index contributed by atoms with van der Waals surface area (Å²) >= 11 is 1.78. The fourth-order valence-corrected chi connectivity index (χ4v) is 1.95. The molecule has 0 fully saturated rings. The van der Waals surface area contributed by atoms with Gasteiger partial charge in [0.05, 0.1) is 0 Å². The van der Waals surface area contributed by atoms with E-state index in [0.29, 0.717) is 0 Å². The molecule has 1 rings (SSSR count). The minimum Gasteiger partial charge on any atom is -0.375 e. The molecule has 0 aliphatic rings. The number of nitrogens with two attached hydrogens (primary N) is 1. The largest absolute Gasteiger partial charge is 0.375 e. The maximum Gasteiger partial charge on any atom is 0.0364 e. The van der Waals surface area contributed by atoms with Crippen molar-refractivity contribution in [3.63, 3.8) is 0 Å². The molecule has 0 aliphatic carbocycles. The number of nitrogens with zero attached hydrogens (tertiary/aromatic N) is 1. The van der Waals surface area contributed by atoms with Crippen LogP contribution in [0.5, 0.6) is 0 Å². The molecule has 2 nitrogen and oxygen atoms in total. The summed E-state index contributed by atoms with van der Waals surface area (Å²) < 4.78 is 0. The number of hydrogen-bond acceptors (Lipinski definition) is 3. The second kappa shape index (κ2) is 6.31. The molecule has 96 valence electrons. The van der Waals surface area contributed by atoms with Gasteiger partial charge in [-0.2, -0.15) is 0 Å². The first-order chi connectivity index (χ1) is 7.98. The summed E-state index contributed by atoms with van der Waals surface area (Å²) in [6, 6.07) is 8.71. The Morgan fingerprint density at radius 1 is 1.24 bits per heavy atom. The highest BCUT2D eigenvalue weighted by Crippen LogP contribution is 2.22. The number of rotatable bonds is 6. The molecule has 1 aromatic rings. The topological polar surface area (TPSA) is 29.3 Å². The molecule has 0 radical (unpaired) electrons. The molecule has 0 saturated heterocycles. The Hall–Kier alpha value is -0.670. The van der Waals surface area contributed by atoms with Gasteiger partial charge in [0.25, 0.3) is 0 Å². The van der Waals surface area contributed by atoms with Gasteiger partial charge in [-0.25, -0.2) is 0 Å². The number of thioether (sulfide) groups is 1. The number of anilines is 1. The van der Waals surface area contributed by atoms with Gasteiger partial charge in [-0.15, -0.1) is 11.8 Å². The maximum absolute atomic E-state index is 5.75. The molecule has 0 unspecified atom stereocenters. The van der Waals surface area contributed by atoms with Gasteiger partial charge in [-0.05, 0) is 48.9 Å². The molecule has 0 aromatic heterocycles. The second-order valence-corrected chi connectivity index (χ2v) is 6.12. The molecule has 0 spiro atoms. The number of benzene rings is 1. The van der Waals surface area contributed by atoms with E-state index in [2.05, 4.69) is 56.3 Å². The van der Waals surface area contributed by atoms with Crippen molar-refractivity contribution in [2.75, 3.05) is 31.3 Å². The molecule has 0 heterocycles. The lowest BCUT2D eigenvalue weighted by molar-refractivity contribution is 0.351. The van der Waals surface area contributed by atoms with Crippen molar-refractivity contribution in [2.45, 2.75) is 25.2 Å². The Balaban J connectivity index is 2.54. The van der Waals surface area contributed by atoms with Crippen molar-refractivity contribution in [1.82, 2.24) is 0 Å². The normalized spacial score (nSPS) is 11.6. The van der Waals surface area contributed by atoms with Gasteiger partial charge in [-0.1, -0.05) is 13.8 Å². The Bertz CT molecular complexity index is 333. The van der Waals surface area contributed by atoms with Crippen LogP contribution in [0.15, 0.2) is 29.2 Å². The molecule has 2 N–H and O–H groups in total. The SMILES string of the molecule is CSc1ccc(N(C)CCC(C)(C)CN)cc1. The zero-order valence-corrected chi connectivity index (χ0v) is 12.2. The summed E-state index contributed by atoms with van der Waals surface area (Å²) in [6.45, 7) is 6.23. The molecule has 1 aromatic carbocycles. The Morgan fingerprint density at radius 2 is 1.82 bits per heavy atom. The van der Waals surface area contributed by atoms with Crippen molar-refractivity contribution in [1.29, 1.82) is 0 Å². The van der Waals surface area contributed by atoms with E-state index in [9.17, 15) is 0 Å². The Morgan fingerprint density at radius 3 is 2.29 bits per heavy atom. The average Bonchev–Trinajstić information content (AvgIpc) is 2.36. The average molecular weight is 252 g/mol. The molecule has 3 heteroatoms. The van der Waals surface area contributed by atoms with Crippen molar-refractivity contribution >= 4 is 17.4 Å². The van der Waals surface area contributed by atoms with E-state index < -0.39 is 0 Å². The lowest BCUT2D eigenvalue weighted by atomic mass is 9.89. The Kier molecular flexibility index (Phi) is 5.34. The van der Waals surface area contributed by atoms with E-state index in [1.54, 1.807) is 11.8 Å². The highest BCUT2D eigenvalue weighted by Gasteiger charge is 2.16. The van der Waals surface area contributed by atoms with Crippen LogP contribution in [0.1, 0.15) is 20.3 Å². The molecule has 0 amide bonds. The van der Waals surface area contributed by atoms with Crippen LogP contribution in [0.25, 0.3) is 0 Å². The van der Waals surface area contributed by atoms with E-state index in [-0.39, 0.29) is 5.41 Å². The zero-order chi connectivity index (χ0) is 12.9. The molecule has 0 bridgehead atoms. The molecular weight excluding hydrogens is 228 g/mol. The minimum absolute atomic E-state index is 0.230. The van der Waals surface area contributed by atoms with Crippen molar-refractivity contribution in [3.05, 3.63) is 24.3 Å². The lowest BCUT2D eigenvalue weighted by Crippen LogP contribution is -2.29. The Labute approximate surface area is 110 Å². The van der Waals surface area contributed by atoms with Crippen LogP contribution in [-0.2, 0) is 0 Å². The fourth-order valence-electron chi connectivity index (χ4n) is 1.54. The van der Waals surface area contributed by atoms with E-state index in [0.717, 1.165) is 19.5 Å². The van der Waals surface area contributed by atoms with Crippen LogP contribution in [0, 0.1) is 5.41 Å². The van der Waals surface area contributed by atoms with Gasteiger partial charge in [0.2, 0.25) is 0 Å². The molecule has 0 aliphatic heterocycles. The van der Waals surface area contributed by atoms with Crippen LogP contribution in [-0.4, -0.2) is 26.4 Å². The quantitative estimate of drug-likeness (QED) is 0.788. The van der Waals surface area contributed by atoms with Crippen molar-refractivity contribution in [2.24, 2.45) is 11.1 Å². The van der Waals surface area contributed by atoms with Crippen LogP contribution < -0.4 is 10.6 Å². The van der Waals surface area contributed by atoms with Gasteiger partial charge >= 0.3 is 0 Å². The van der Waals surface area contributed by atoms with Crippen molar-refractivity contribution < 1.29 is 0 Å². The third kappa shape index (κ3) is 4.60. The highest BCUT2D eigenvalue weighted by atomic mass is 32.2. The molecule has 17 heavy (non-hydrogen) atoms. The van der Waals surface area contributed by atoms with Gasteiger partial charge < -0.3 is 10.6 Å². The van der Waals surface area contributed by atoms with Gasteiger partial charge in [-0.3, -0.25) is 0 Å². The summed E-state index contributed by atoms with van der Waals surface area (Å²) in [4.78, 5) is 3.60.